The van der Waals surface area contributed by atoms with Gasteiger partial charge in [0.15, 0.2) is 17.3 Å². The molecule has 2 aromatic rings. The molecule has 0 saturated heterocycles. The lowest BCUT2D eigenvalue weighted by molar-refractivity contribution is 0.0688. The minimum atomic E-state index is -1.39. The molecule has 2 N–H and O–H groups in total. The van der Waals surface area contributed by atoms with E-state index in [4.69, 9.17) is 10.2 Å². The van der Waals surface area contributed by atoms with E-state index in [0.29, 0.717) is 12.1 Å². The molecule has 0 radical (unpaired) electrons. The van der Waals surface area contributed by atoms with Crippen LogP contribution >= 0.6 is 0 Å². The summed E-state index contributed by atoms with van der Waals surface area (Å²) >= 11 is 0. The second-order valence-corrected chi connectivity index (χ2v) is 4.30. The Labute approximate surface area is 117 Å². The van der Waals surface area contributed by atoms with Crippen molar-refractivity contribution in [1.82, 2.24) is 9.78 Å². The maximum absolute atomic E-state index is 13.7. The SMILES string of the molecule is O=C(O)c1nn(-c2cc(F)cc(F)c2F)cc1CCCO. The van der Waals surface area contributed by atoms with Crippen LogP contribution in [0.2, 0.25) is 0 Å². The van der Waals surface area contributed by atoms with Gasteiger partial charge in [-0.3, -0.25) is 0 Å². The number of hydrogen-bond donors (Lipinski definition) is 2. The van der Waals surface area contributed by atoms with Crippen LogP contribution in [-0.4, -0.2) is 32.6 Å². The smallest absolute Gasteiger partial charge is 0.356 e. The maximum atomic E-state index is 13.7. The molecule has 1 aromatic carbocycles. The molecule has 112 valence electrons. The number of carboxylic acid groups (broad SMARTS) is 1. The lowest BCUT2D eigenvalue weighted by atomic mass is 10.1. The highest BCUT2D eigenvalue weighted by atomic mass is 19.2. The van der Waals surface area contributed by atoms with Crippen LogP contribution in [0.25, 0.3) is 5.69 Å². The zero-order valence-corrected chi connectivity index (χ0v) is 10.7. The summed E-state index contributed by atoms with van der Waals surface area (Å²) < 4.78 is 40.8. The highest BCUT2D eigenvalue weighted by Gasteiger charge is 2.19. The van der Waals surface area contributed by atoms with Crippen LogP contribution in [-0.2, 0) is 6.42 Å². The molecule has 0 spiro atoms. The number of aliphatic hydroxyl groups is 1. The number of aromatic nitrogens is 2. The molecule has 0 aliphatic heterocycles. The summed E-state index contributed by atoms with van der Waals surface area (Å²) in [5, 5.41) is 21.4. The third-order valence-corrected chi connectivity index (χ3v) is 2.82. The Hall–Kier alpha value is -2.35. The largest absolute Gasteiger partial charge is 0.476 e. The molecule has 0 bridgehead atoms. The summed E-state index contributed by atoms with van der Waals surface area (Å²) in [5.41, 5.74) is -0.640. The van der Waals surface area contributed by atoms with Crippen LogP contribution in [0.15, 0.2) is 18.3 Å². The Morgan fingerprint density at radius 3 is 2.62 bits per heavy atom. The van der Waals surface area contributed by atoms with E-state index in [0.717, 1.165) is 4.68 Å². The Bertz CT molecular complexity index is 686. The van der Waals surface area contributed by atoms with E-state index >= 15 is 0 Å². The number of rotatable bonds is 5. The summed E-state index contributed by atoms with van der Waals surface area (Å²) in [6.45, 7) is -0.160. The van der Waals surface area contributed by atoms with Gasteiger partial charge in [0.05, 0.1) is 0 Å². The Kier molecular flexibility index (Phi) is 4.27. The van der Waals surface area contributed by atoms with Crippen molar-refractivity contribution in [2.24, 2.45) is 0 Å². The van der Waals surface area contributed by atoms with Crippen molar-refractivity contribution in [3.8, 4) is 5.69 Å². The number of hydrogen-bond acceptors (Lipinski definition) is 3. The first-order valence-electron chi connectivity index (χ1n) is 6.01. The molecule has 2 rings (SSSR count). The van der Waals surface area contributed by atoms with Crippen LogP contribution in [0.3, 0.4) is 0 Å². The normalized spacial score (nSPS) is 10.9. The van der Waals surface area contributed by atoms with Crippen LogP contribution in [0.5, 0.6) is 0 Å². The molecule has 21 heavy (non-hydrogen) atoms. The highest BCUT2D eigenvalue weighted by molar-refractivity contribution is 5.87. The highest BCUT2D eigenvalue weighted by Crippen LogP contribution is 2.20. The van der Waals surface area contributed by atoms with Crippen LogP contribution in [0, 0.1) is 17.5 Å². The monoisotopic (exact) mass is 300 g/mol. The molecule has 5 nitrogen and oxygen atoms in total. The summed E-state index contributed by atoms with van der Waals surface area (Å²) in [5.74, 6) is -5.08. The summed E-state index contributed by atoms with van der Waals surface area (Å²) in [4.78, 5) is 11.1. The fourth-order valence-corrected chi connectivity index (χ4v) is 1.87. The summed E-state index contributed by atoms with van der Waals surface area (Å²) in [6.07, 6.45) is 1.65. The number of benzene rings is 1. The zero-order chi connectivity index (χ0) is 15.6. The topological polar surface area (TPSA) is 75.3 Å². The molecule has 0 aliphatic carbocycles. The number of aryl methyl sites for hydroxylation is 1. The first kappa shape index (κ1) is 15.0. The molecule has 0 amide bonds. The van der Waals surface area contributed by atoms with E-state index in [9.17, 15) is 18.0 Å². The molecular weight excluding hydrogens is 289 g/mol. The van der Waals surface area contributed by atoms with Crippen molar-refractivity contribution < 1.29 is 28.2 Å². The molecular formula is C13H11F3N2O3. The van der Waals surface area contributed by atoms with E-state index in [2.05, 4.69) is 5.10 Å². The van der Waals surface area contributed by atoms with Gasteiger partial charge in [-0.15, -0.1) is 0 Å². The number of carbonyl (C=O) groups is 1. The van der Waals surface area contributed by atoms with Crippen LogP contribution in [0.4, 0.5) is 13.2 Å². The van der Waals surface area contributed by atoms with E-state index < -0.39 is 29.1 Å². The number of halogens is 3. The van der Waals surface area contributed by atoms with Gasteiger partial charge in [0.2, 0.25) is 0 Å². The predicted octanol–water partition coefficient (Wildman–Crippen LogP) is 1.91. The molecule has 1 aromatic heterocycles. The summed E-state index contributed by atoms with van der Waals surface area (Å²) in [6, 6.07) is 1.10. The lowest BCUT2D eigenvalue weighted by Crippen LogP contribution is -2.05. The van der Waals surface area contributed by atoms with Crippen molar-refractivity contribution in [2.45, 2.75) is 12.8 Å². The Morgan fingerprint density at radius 1 is 1.29 bits per heavy atom. The quantitative estimate of drug-likeness (QED) is 0.827. The average molecular weight is 300 g/mol. The number of aromatic carboxylic acids is 1. The number of nitrogens with zero attached hydrogens (tertiary/aromatic N) is 2. The minimum absolute atomic E-state index is 0.160. The fraction of sp³-hybridized carbons (Fsp3) is 0.231. The van der Waals surface area contributed by atoms with Gasteiger partial charge < -0.3 is 10.2 Å². The van der Waals surface area contributed by atoms with E-state index in [1.54, 1.807) is 0 Å². The second kappa shape index (κ2) is 5.96. The van der Waals surface area contributed by atoms with Gasteiger partial charge >= 0.3 is 5.97 Å². The van der Waals surface area contributed by atoms with Gasteiger partial charge in [-0.05, 0) is 12.8 Å². The van der Waals surface area contributed by atoms with Gasteiger partial charge in [0.1, 0.15) is 11.5 Å². The van der Waals surface area contributed by atoms with Gasteiger partial charge in [0.25, 0.3) is 0 Å². The third kappa shape index (κ3) is 3.05. The molecule has 0 atom stereocenters. The lowest BCUT2D eigenvalue weighted by Gasteiger charge is -2.04. The van der Waals surface area contributed by atoms with Gasteiger partial charge in [-0.2, -0.15) is 5.10 Å². The maximum Gasteiger partial charge on any atom is 0.356 e. The molecule has 0 aliphatic rings. The molecule has 0 fully saturated rings. The van der Waals surface area contributed by atoms with Crippen LogP contribution in [0.1, 0.15) is 22.5 Å². The van der Waals surface area contributed by atoms with Gasteiger partial charge in [0, 0.05) is 30.5 Å². The first-order valence-corrected chi connectivity index (χ1v) is 6.01. The zero-order valence-electron chi connectivity index (χ0n) is 10.7. The minimum Gasteiger partial charge on any atom is -0.476 e. The van der Waals surface area contributed by atoms with Crippen molar-refractivity contribution in [3.05, 3.63) is 47.0 Å². The van der Waals surface area contributed by atoms with Crippen LogP contribution < -0.4 is 0 Å². The van der Waals surface area contributed by atoms with Gasteiger partial charge in [-0.25, -0.2) is 22.6 Å². The van der Waals surface area contributed by atoms with Crippen molar-refractivity contribution in [2.75, 3.05) is 6.61 Å². The van der Waals surface area contributed by atoms with E-state index in [-0.39, 0.29) is 30.7 Å². The Morgan fingerprint density at radius 2 is 2.00 bits per heavy atom. The number of aliphatic hydroxyl groups excluding tert-OH is 1. The van der Waals surface area contributed by atoms with E-state index in [1.165, 1.54) is 6.20 Å². The molecule has 0 unspecified atom stereocenters. The number of carboxylic acids is 1. The second-order valence-electron chi connectivity index (χ2n) is 4.30. The standard InChI is InChI=1S/C13H11F3N2O3/c14-8-4-9(15)11(16)10(5-8)18-6-7(2-1-3-19)12(17-18)13(20)21/h4-6,19H,1-3H2,(H,20,21). The first-order chi connectivity index (χ1) is 9.93. The average Bonchev–Trinajstić information content (AvgIpc) is 2.84. The Balaban J connectivity index is 2.52. The predicted molar refractivity (Wildman–Crippen MR) is 65.8 cm³/mol. The van der Waals surface area contributed by atoms with E-state index in [1.807, 2.05) is 0 Å². The van der Waals surface area contributed by atoms with Crippen molar-refractivity contribution in [3.63, 3.8) is 0 Å². The fourth-order valence-electron chi connectivity index (χ4n) is 1.87. The van der Waals surface area contributed by atoms with Crippen molar-refractivity contribution in [1.29, 1.82) is 0 Å². The summed E-state index contributed by atoms with van der Waals surface area (Å²) in [7, 11) is 0. The molecule has 8 heteroatoms. The van der Waals surface area contributed by atoms with Crippen molar-refractivity contribution >= 4 is 5.97 Å². The molecule has 0 saturated carbocycles. The molecule has 1 heterocycles. The third-order valence-electron chi connectivity index (χ3n) is 2.82. The van der Waals surface area contributed by atoms with Gasteiger partial charge in [-0.1, -0.05) is 0 Å².